The molecule has 1 aliphatic rings. The summed E-state index contributed by atoms with van der Waals surface area (Å²) in [5, 5.41) is 11.4. The number of ether oxygens (including phenoxy) is 1. The number of thiazole rings is 1. The van der Waals surface area contributed by atoms with Crippen molar-refractivity contribution in [3.8, 4) is 5.75 Å². The monoisotopic (exact) mass is 474 g/mol. The number of aromatic nitrogens is 1. The van der Waals surface area contributed by atoms with Crippen LogP contribution in [0.25, 0.3) is 16.0 Å². The maximum absolute atomic E-state index is 13.4. The number of hydrogen-bond donors (Lipinski definition) is 1. The van der Waals surface area contributed by atoms with E-state index < -0.39 is 23.5 Å². The van der Waals surface area contributed by atoms with Crippen LogP contribution in [0.3, 0.4) is 0 Å². The number of carbonyl (C=O) groups excluding carboxylic acids is 2. The van der Waals surface area contributed by atoms with Crippen molar-refractivity contribution in [1.29, 1.82) is 0 Å². The number of aliphatic hydroxyl groups excluding tert-OH is 1. The van der Waals surface area contributed by atoms with Gasteiger partial charge < -0.3 is 9.84 Å². The van der Waals surface area contributed by atoms with Gasteiger partial charge in [0, 0.05) is 5.56 Å². The number of anilines is 1. The molecule has 4 aromatic rings. The Morgan fingerprint density at radius 1 is 1.09 bits per heavy atom. The fourth-order valence-electron chi connectivity index (χ4n) is 4.00. The smallest absolute Gasteiger partial charge is 0.301 e. The highest BCUT2D eigenvalue weighted by Gasteiger charge is 2.48. The minimum atomic E-state index is -0.891. The summed E-state index contributed by atoms with van der Waals surface area (Å²) < 4.78 is 19.8. The van der Waals surface area contributed by atoms with Crippen molar-refractivity contribution in [2.24, 2.45) is 0 Å². The van der Waals surface area contributed by atoms with Gasteiger partial charge in [-0.2, -0.15) is 0 Å². The van der Waals surface area contributed by atoms with Crippen LogP contribution in [0.1, 0.15) is 24.1 Å². The SMILES string of the molecule is CCOc1ccc2nc(N3C(=O)C(=O)/C(=C(/O)c4ccc(F)cc4)C3c3ccccc3)sc2c1. The highest BCUT2D eigenvalue weighted by molar-refractivity contribution is 7.22. The van der Waals surface area contributed by atoms with Gasteiger partial charge >= 0.3 is 5.91 Å². The number of fused-ring (bicyclic) bond motifs is 1. The Morgan fingerprint density at radius 3 is 2.53 bits per heavy atom. The Kier molecular flexibility index (Phi) is 5.59. The van der Waals surface area contributed by atoms with Gasteiger partial charge in [-0.25, -0.2) is 9.37 Å². The molecule has 0 radical (unpaired) electrons. The lowest BCUT2D eigenvalue weighted by Crippen LogP contribution is -2.29. The second kappa shape index (κ2) is 8.72. The molecule has 1 aliphatic heterocycles. The molecule has 0 spiro atoms. The summed E-state index contributed by atoms with van der Waals surface area (Å²) in [6.45, 7) is 2.41. The van der Waals surface area contributed by atoms with E-state index in [-0.39, 0.29) is 16.9 Å². The van der Waals surface area contributed by atoms with Crippen LogP contribution < -0.4 is 9.64 Å². The third-order valence-corrected chi connectivity index (χ3v) is 6.56. The van der Waals surface area contributed by atoms with Gasteiger partial charge in [0.2, 0.25) is 0 Å². The minimum Gasteiger partial charge on any atom is -0.507 e. The first-order valence-corrected chi connectivity index (χ1v) is 11.4. The fraction of sp³-hybridized carbons (Fsp3) is 0.115. The zero-order valence-corrected chi connectivity index (χ0v) is 18.9. The second-order valence-electron chi connectivity index (χ2n) is 7.65. The van der Waals surface area contributed by atoms with Crippen molar-refractivity contribution in [3.05, 3.63) is 95.3 Å². The van der Waals surface area contributed by atoms with Crippen LogP contribution in [-0.4, -0.2) is 28.4 Å². The molecule has 1 saturated heterocycles. The standard InChI is InChI=1S/C26H19FN2O4S/c1-2-33-18-12-13-19-20(14-18)34-26(28-19)29-22(15-6-4-3-5-7-15)21(24(31)25(29)32)23(30)16-8-10-17(27)11-9-16/h3-14,22,30H,2H2,1H3/b23-21+. The average molecular weight is 475 g/mol. The molecule has 1 N–H and O–H groups in total. The first-order valence-electron chi connectivity index (χ1n) is 10.6. The van der Waals surface area contributed by atoms with E-state index in [0.29, 0.717) is 28.6 Å². The lowest BCUT2D eigenvalue weighted by molar-refractivity contribution is -0.132. The summed E-state index contributed by atoms with van der Waals surface area (Å²) >= 11 is 1.26. The molecule has 6 nitrogen and oxygen atoms in total. The van der Waals surface area contributed by atoms with Gasteiger partial charge in [-0.1, -0.05) is 41.7 Å². The largest absolute Gasteiger partial charge is 0.507 e. The highest BCUT2D eigenvalue weighted by atomic mass is 32.1. The van der Waals surface area contributed by atoms with Gasteiger partial charge in [0.1, 0.15) is 17.3 Å². The molecule has 1 amide bonds. The van der Waals surface area contributed by atoms with Gasteiger partial charge in [-0.15, -0.1) is 0 Å². The van der Waals surface area contributed by atoms with Crippen molar-refractivity contribution in [2.45, 2.75) is 13.0 Å². The molecule has 1 unspecified atom stereocenters. The van der Waals surface area contributed by atoms with Crippen LogP contribution in [0.2, 0.25) is 0 Å². The molecule has 170 valence electrons. The molecule has 0 saturated carbocycles. The van der Waals surface area contributed by atoms with Crippen LogP contribution in [0.4, 0.5) is 9.52 Å². The number of Topliss-reactive ketones (excluding diaryl/α,β-unsaturated/α-hetero) is 1. The van der Waals surface area contributed by atoms with Crippen LogP contribution in [0.15, 0.2) is 78.4 Å². The number of nitrogens with zero attached hydrogens (tertiary/aromatic N) is 2. The topological polar surface area (TPSA) is 79.7 Å². The predicted molar refractivity (Wildman–Crippen MR) is 128 cm³/mol. The van der Waals surface area contributed by atoms with Gasteiger partial charge in [-0.05, 0) is 55.0 Å². The molecule has 3 aromatic carbocycles. The highest BCUT2D eigenvalue weighted by Crippen LogP contribution is 2.44. The lowest BCUT2D eigenvalue weighted by Gasteiger charge is -2.22. The van der Waals surface area contributed by atoms with Crippen LogP contribution in [0.5, 0.6) is 5.75 Å². The summed E-state index contributed by atoms with van der Waals surface area (Å²) in [7, 11) is 0. The molecule has 34 heavy (non-hydrogen) atoms. The van der Waals surface area contributed by atoms with Crippen LogP contribution in [-0.2, 0) is 9.59 Å². The van der Waals surface area contributed by atoms with E-state index in [2.05, 4.69) is 4.98 Å². The Morgan fingerprint density at radius 2 is 1.82 bits per heavy atom. The molecule has 0 aliphatic carbocycles. The Balaban J connectivity index is 1.68. The molecule has 1 atom stereocenters. The number of amides is 1. The zero-order valence-electron chi connectivity index (χ0n) is 18.1. The van der Waals surface area contributed by atoms with E-state index in [4.69, 9.17) is 4.74 Å². The molecular formula is C26H19FN2O4S. The fourth-order valence-corrected chi connectivity index (χ4v) is 5.02. The van der Waals surface area contributed by atoms with E-state index >= 15 is 0 Å². The molecule has 8 heteroatoms. The van der Waals surface area contributed by atoms with Gasteiger partial charge in [0.15, 0.2) is 5.13 Å². The van der Waals surface area contributed by atoms with Crippen molar-refractivity contribution in [2.75, 3.05) is 11.5 Å². The summed E-state index contributed by atoms with van der Waals surface area (Å²) in [6, 6.07) is 18.6. The minimum absolute atomic E-state index is 0.0722. The van der Waals surface area contributed by atoms with Gasteiger partial charge in [0.25, 0.3) is 5.78 Å². The quantitative estimate of drug-likeness (QED) is 0.236. The summed E-state index contributed by atoms with van der Waals surface area (Å²) in [4.78, 5) is 32.3. The summed E-state index contributed by atoms with van der Waals surface area (Å²) in [5.74, 6) is -1.78. The summed E-state index contributed by atoms with van der Waals surface area (Å²) in [6.07, 6.45) is 0. The number of benzene rings is 3. The number of halogens is 1. The molecule has 5 rings (SSSR count). The summed E-state index contributed by atoms with van der Waals surface area (Å²) in [5.41, 5.74) is 1.47. The number of aliphatic hydroxyl groups is 1. The lowest BCUT2D eigenvalue weighted by atomic mass is 9.95. The van der Waals surface area contributed by atoms with Crippen molar-refractivity contribution in [1.82, 2.24) is 4.98 Å². The van der Waals surface area contributed by atoms with Crippen molar-refractivity contribution in [3.63, 3.8) is 0 Å². The van der Waals surface area contributed by atoms with Crippen molar-refractivity contribution < 1.29 is 23.8 Å². The average Bonchev–Trinajstić information content (AvgIpc) is 3.38. The second-order valence-corrected chi connectivity index (χ2v) is 8.65. The molecule has 1 aromatic heterocycles. The van der Waals surface area contributed by atoms with E-state index in [1.54, 1.807) is 36.4 Å². The number of hydrogen-bond acceptors (Lipinski definition) is 6. The first-order chi connectivity index (χ1) is 16.5. The normalized spacial score (nSPS) is 17.5. The zero-order chi connectivity index (χ0) is 23.8. The molecule has 1 fully saturated rings. The van der Waals surface area contributed by atoms with Crippen LogP contribution >= 0.6 is 11.3 Å². The van der Waals surface area contributed by atoms with E-state index in [9.17, 15) is 19.1 Å². The van der Waals surface area contributed by atoms with E-state index in [0.717, 1.165) is 4.70 Å². The predicted octanol–water partition coefficient (Wildman–Crippen LogP) is 5.46. The Hall–Kier alpha value is -4.04. The third kappa shape index (κ3) is 3.72. The van der Waals surface area contributed by atoms with Gasteiger partial charge in [-0.3, -0.25) is 14.5 Å². The molecular weight excluding hydrogens is 455 g/mol. The molecule has 0 bridgehead atoms. The van der Waals surface area contributed by atoms with Crippen molar-refractivity contribution >= 4 is 44.1 Å². The number of rotatable bonds is 5. The number of carbonyl (C=O) groups is 2. The third-order valence-electron chi connectivity index (χ3n) is 5.54. The van der Waals surface area contributed by atoms with Gasteiger partial charge in [0.05, 0.1) is 28.4 Å². The Bertz CT molecular complexity index is 1430. The van der Waals surface area contributed by atoms with Crippen LogP contribution in [0, 0.1) is 5.82 Å². The Labute approximate surface area is 198 Å². The van der Waals surface area contributed by atoms with E-state index in [1.165, 1.54) is 40.5 Å². The maximum atomic E-state index is 13.4. The van der Waals surface area contributed by atoms with E-state index in [1.807, 2.05) is 19.1 Å². The molecule has 2 heterocycles. The maximum Gasteiger partial charge on any atom is 0.301 e. The number of ketones is 1. The first kappa shape index (κ1) is 21.8.